The van der Waals surface area contributed by atoms with E-state index in [2.05, 4.69) is 6.07 Å². The lowest BCUT2D eigenvalue weighted by atomic mass is 10.1. The predicted octanol–water partition coefficient (Wildman–Crippen LogP) is 3.82. The molecule has 0 saturated heterocycles. The van der Waals surface area contributed by atoms with Crippen LogP contribution in [-0.4, -0.2) is 11.9 Å². The maximum absolute atomic E-state index is 12.8. The quantitative estimate of drug-likeness (QED) is 0.766. The minimum atomic E-state index is -0.277. The Morgan fingerprint density at radius 2 is 1.90 bits per heavy atom. The highest BCUT2D eigenvalue weighted by Gasteiger charge is 2.28. The molecule has 1 heterocycles. The molecule has 1 amide bonds. The van der Waals surface area contributed by atoms with Crippen molar-refractivity contribution in [1.29, 1.82) is 0 Å². The molecule has 2 aromatic rings. The van der Waals surface area contributed by atoms with Gasteiger partial charge in [0.25, 0.3) is 5.91 Å². The molecule has 1 atom stereocenters. The Bertz CT molecular complexity index is 691. The minimum Gasteiger partial charge on any atom is -0.305 e. The van der Waals surface area contributed by atoms with Crippen LogP contribution >= 0.6 is 0 Å². The van der Waals surface area contributed by atoms with Crippen molar-refractivity contribution in [1.82, 2.24) is 0 Å². The van der Waals surface area contributed by atoms with Crippen LogP contribution in [0, 0.1) is 5.82 Å². The van der Waals surface area contributed by atoms with Gasteiger partial charge in [-0.15, -0.1) is 0 Å². The van der Waals surface area contributed by atoms with Crippen LogP contribution in [0.25, 0.3) is 6.08 Å². The number of rotatable bonds is 2. The van der Waals surface area contributed by atoms with Crippen molar-refractivity contribution in [3.05, 3.63) is 71.6 Å². The first kappa shape index (κ1) is 13.6. The first-order valence-corrected chi connectivity index (χ1v) is 7.00. The summed E-state index contributed by atoms with van der Waals surface area (Å²) in [5, 5.41) is 0. The molecule has 0 N–H and O–H groups in total. The number of carbonyl (C=O) groups is 1. The SMILES string of the molecule is CC1Cc2ccccc2N1C(=O)/C=C/c1ccc(F)cc1. The molecule has 1 aliphatic rings. The van der Waals surface area contributed by atoms with E-state index >= 15 is 0 Å². The lowest BCUT2D eigenvalue weighted by Gasteiger charge is -2.20. The molecule has 0 fully saturated rings. The zero-order valence-corrected chi connectivity index (χ0v) is 11.8. The normalized spacial score (nSPS) is 17.2. The molecule has 106 valence electrons. The number of nitrogens with zero attached hydrogens (tertiary/aromatic N) is 1. The number of amides is 1. The Kier molecular flexibility index (Phi) is 3.57. The Morgan fingerprint density at radius 3 is 2.67 bits per heavy atom. The van der Waals surface area contributed by atoms with Crippen LogP contribution in [0.1, 0.15) is 18.1 Å². The van der Waals surface area contributed by atoms with E-state index in [1.165, 1.54) is 17.7 Å². The summed E-state index contributed by atoms with van der Waals surface area (Å²) >= 11 is 0. The maximum Gasteiger partial charge on any atom is 0.251 e. The zero-order chi connectivity index (χ0) is 14.8. The van der Waals surface area contributed by atoms with Crippen LogP contribution in [-0.2, 0) is 11.2 Å². The van der Waals surface area contributed by atoms with Gasteiger partial charge >= 0.3 is 0 Å². The summed E-state index contributed by atoms with van der Waals surface area (Å²) in [6.07, 6.45) is 4.15. The van der Waals surface area contributed by atoms with Crippen molar-refractivity contribution in [3.63, 3.8) is 0 Å². The van der Waals surface area contributed by atoms with Crippen molar-refractivity contribution in [2.24, 2.45) is 0 Å². The molecule has 0 bridgehead atoms. The fourth-order valence-electron chi connectivity index (χ4n) is 2.72. The van der Waals surface area contributed by atoms with E-state index in [-0.39, 0.29) is 17.8 Å². The molecule has 2 nitrogen and oxygen atoms in total. The minimum absolute atomic E-state index is 0.0447. The average molecular weight is 281 g/mol. The highest BCUT2D eigenvalue weighted by Crippen LogP contribution is 2.31. The molecular weight excluding hydrogens is 265 g/mol. The van der Waals surface area contributed by atoms with Crippen LogP contribution in [0.5, 0.6) is 0 Å². The number of hydrogen-bond acceptors (Lipinski definition) is 1. The molecular formula is C18H16FNO. The molecule has 1 aliphatic heterocycles. The molecule has 3 heteroatoms. The van der Waals surface area contributed by atoms with E-state index in [9.17, 15) is 9.18 Å². The Morgan fingerprint density at radius 1 is 1.19 bits per heavy atom. The van der Waals surface area contributed by atoms with Gasteiger partial charge in [0.2, 0.25) is 0 Å². The molecule has 0 aromatic heterocycles. The highest BCUT2D eigenvalue weighted by atomic mass is 19.1. The van der Waals surface area contributed by atoms with E-state index in [0.29, 0.717) is 0 Å². The van der Waals surface area contributed by atoms with Gasteiger partial charge in [0.05, 0.1) is 0 Å². The van der Waals surface area contributed by atoms with E-state index in [1.807, 2.05) is 30.0 Å². The monoisotopic (exact) mass is 281 g/mol. The zero-order valence-electron chi connectivity index (χ0n) is 11.8. The third kappa shape index (κ3) is 2.72. The summed E-state index contributed by atoms with van der Waals surface area (Å²) in [6.45, 7) is 2.05. The number of hydrogen-bond donors (Lipinski definition) is 0. The Labute approximate surface area is 123 Å². The van der Waals surface area contributed by atoms with E-state index in [0.717, 1.165) is 17.7 Å². The summed E-state index contributed by atoms with van der Waals surface area (Å²) in [5.41, 5.74) is 3.00. The second-order valence-electron chi connectivity index (χ2n) is 5.27. The lowest BCUT2D eigenvalue weighted by molar-refractivity contribution is -0.114. The highest BCUT2D eigenvalue weighted by molar-refractivity contribution is 6.05. The molecule has 21 heavy (non-hydrogen) atoms. The standard InChI is InChI=1S/C18H16FNO/c1-13-12-15-4-2-3-5-17(15)20(13)18(21)11-8-14-6-9-16(19)10-7-14/h2-11,13H,12H2,1H3/b11-8+. The van der Waals surface area contributed by atoms with Gasteiger partial charge in [-0.2, -0.15) is 0 Å². The molecule has 0 spiro atoms. The second kappa shape index (κ2) is 5.52. The average Bonchev–Trinajstić information content (AvgIpc) is 2.82. The third-order valence-corrected chi connectivity index (χ3v) is 3.73. The largest absolute Gasteiger partial charge is 0.305 e. The fraction of sp³-hybridized carbons (Fsp3) is 0.167. The Balaban J connectivity index is 1.81. The summed E-state index contributed by atoms with van der Waals surface area (Å²) < 4.78 is 12.8. The molecule has 0 saturated carbocycles. The predicted molar refractivity (Wildman–Crippen MR) is 82.5 cm³/mol. The van der Waals surface area contributed by atoms with E-state index in [1.54, 1.807) is 24.3 Å². The molecule has 0 aliphatic carbocycles. The smallest absolute Gasteiger partial charge is 0.251 e. The number of carbonyl (C=O) groups excluding carboxylic acids is 1. The molecule has 3 rings (SSSR count). The van der Waals surface area contributed by atoms with Gasteiger partial charge in [-0.1, -0.05) is 30.3 Å². The summed E-state index contributed by atoms with van der Waals surface area (Å²) in [5.74, 6) is -0.322. The van der Waals surface area contributed by atoms with Gasteiger partial charge in [0, 0.05) is 17.8 Å². The Hall–Kier alpha value is -2.42. The van der Waals surface area contributed by atoms with E-state index < -0.39 is 0 Å². The molecule has 1 unspecified atom stereocenters. The third-order valence-electron chi connectivity index (χ3n) is 3.73. The van der Waals surface area contributed by atoms with Crippen molar-refractivity contribution >= 4 is 17.7 Å². The van der Waals surface area contributed by atoms with Gasteiger partial charge in [-0.3, -0.25) is 4.79 Å². The van der Waals surface area contributed by atoms with Gasteiger partial charge in [0.15, 0.2) is 0 Å². The summed E-state index contributed by atoms with van der Waals surface area (Å²) in [6, 6.07) is 14.2. The van der Waals surface area contributed by atoms with Gasteiger partial charge in [-0.05, 0) is 48.7 Å². The van der Waals surface area contributed by atoms with Crippen molar-refractivity contribution in [2.45, 2.75) is 19.4 Å². The number of para-hydroxylation sites is 1. The van der Waals surface area contributed by atoms with Gasteiger partial charge < -0.3 is 4.90 Å². The van der Waals surface area contributed by atoms with Crippen LogP contribution in [0.3, 0.4) is 0 Å². The molecule has 0 radical (unpaired) electrons. The summed E-state index contributed by atoms with van der Waals surface area (Å²) in [7, 11) is 0. The first-order valence-electron chi connectivity index (χ1n) is 7.00. The van der Waals surface area contributed by atoms with Crippen LogP contribution < -0.4 is 4.90 Å². The fourth-order valence-corrected chi connectivity index (χ4v) is 2.72. The lowest BCUT2D eigenvalue weighted by Crippen LogP contribution is -2.34. The van der Waals surface area contributed by atoms with Crippen molar-refractivity contribution in [3.8, 4) is 0 Å². The number of fused-ring (bicyclic) bond motifs is 1. The van der Waals surface area contributed by atoms with Gasteiger partial charge in [-0.25, -0.2) is 4.39 Å². The first-order chi connectivity index (χ1) is 10.1. The topological polar surface area (TPSA) is 20.3 Å². The van der Waals surface area contributed by atoms with Crippen LogP contribution in [0.15, 0.2) is 54.6 Å². The molecule has 2 aromatic carbocycles. The van der Waals surface area contributed by atoms with Crippen molar-refractivity contribution < 1.29 is 9.18 Å². The second-order valence-corrected chi connectivity index (χ2v) is 5.27. The van der Waals surface area contributed by atoms with Gasteiger partial charge in [0.1, 0.15) is 5.82 Å². The number of halogens is 1. The van der Waals surface area contributed by atoms with Crippen LogP contribution in [0.2, 0.25) is 0 Å². The van der Waals surface area contributed by atoms with Crippen molar-refractivity contribution in [2.75, 3.05) is 4.90 Å². The summed E-state index contributed by atoms with van der Waals surface area (Å²) in [4.78, 5) is 14.2. The maximum atomic E-state index is 12.8. The number of anilines is 1. The van der Waals surface area contributed by atoms with E-state index in [4.69, 9.17) is 0 Å². The van der Waals surface area contributed by atoms with Crippen LogP contribution in [0.4, 0.5) is 10.1 Å². The number of benzene rings is 2.